The van der Waals surface area contributed by atoms with Crippen LogP contribution in [0.2, 0.25) is 5.02 Å². The molecule has 37 heavy (non-hydrogen) atoms. The normalized spacial score (nSPS) is 14.4. The fraction of sp³-hybridized carbons (Fsp3) is 0.0741. The number of rotatable bonds is 4. The van der Waals surface area contributed by atoms with Gasteiger partial charge in [0.15, 0.2) is 0 Å². The van der Waals surface area contributed by atoms with Crippen LogP contribution in [0.4, 0.5) is 5.69 Å². The highest BCUT2D eigenvalue weighted by molar-refractivity contribution is 9.10. The van der Waals surface area contributed by atoms with Gasteiger partial charge in [0, 0.05) is 21.5 Å². The number of carbonyl (C=O) groups is 1. The first kappa shape index (κ1) is 23.7. The Morgan fingerprint density at radius 3 is 2.43 bits per heavy atom. The third-order valence-corrected chi connectivity index (χ3v) is 7.87. The van der Waals surface area contributed by atoms with E-state index in [1.807, 2.05) is 60.7 Å². The number of hydrogen-bond acceptors (Lipinski definition) is 6. The van der Waals surface area contributed by atoms with E-state index in [9.17, 15) is 14.4 Å². The van der Waals surface area contributed by atoms with Crippen LogP contribution in [-0.2, 0) is 17.8 Å². The summed E-state index contributed by atoms with van der Waals surface area (Å²) in [6.07, 6.45) is 0.250. The molecular formula is C27H16BrClN4O3S. The van der Waals surface area contributed by atoms with E-state index in [0.717, 1.165) is 31.5 Å². The first-order valence-electron chi connectivity index (χ1n) is 11.3. The summed E-state index contributed by atoms with van der Waals surface area (Å²) in [6.45, 7) is 0.308. The first-order chi connectivity index (χ1) is 17.9. The zero-order valence-electron chi connectivity index (χ0n) is 19.0. The Hall–Kier alpha value is -3.66. The quantitative estimate of drug-likeness (QED) is 0.316. The minimum Gasteiger partial charge on any atom is -0.303 e. The van der Waals surface area contributed by atoms with Crippen LogP contribution in [0.1, 0.15) is 22.4 Å². The molecule has 6 rings (SSSR count). The van der Waals surface area contributed by atoms with Gasteiger partial charge in [-0.05, 0) is 41.5 Å². The summed E-state index contributed by atoms with van der Waals surface area (Å²) in [5.74, 6) is -0.306. The summed E-state index contributed by atoms with van der Waals surface area (Å²) in [4.78, 5) is 45.9. The number of thiazole rings is 1. The molecule has 0 N–H and O–H groups in total. The van der Waals surface area contributed by atoms with Gasteiger partial charge < -0.3 is 4.90 Å². The SMILES string of the molecule is O=C1/C(=c2\sc3nc(=O)c(Cc4ccccc4)nn3c2=O)c2cc(Br)ccc2N1Cc1ccc(Cl)cc1. The number of nitrogens with zero attached hydrogens (tertiary/aromatic N) is 4. The van der Waals surface area contributed by atoms with Gasteiger partial charge >= 0.3 is 0 Å². The van der Waals surface area contributed by atoms with Crippen LogP contribution in [0, 0.1) is 0 Å². The lowest BCUT2D eigenvalue weighted by Gasteiger charge is -2.17. The third kappa shape index (κ3) is 4.29. The van der Waals surface area contributed by atoms with Gasteiger partial charge in [-0.1, -0.05) is 81.3 Å². The second-order valence-corrected chi connectivity index (χ2v) is 10.8. The molecule has 5 aromatic rings. The standard InChI is InChI=1S/C27H16BrClN4O3S/c28-17-8-11-21-19(13-17)22(25(35)32(21)14-16-6-9-18(29)10-7-16)23-26(36)33-27(37-23)30-24(34)20(31-33)12-15-4-2-1-3-5-15/h1-11,13H,12,14H2/b23-22-. The molecule has 182 valence electrons. The summed E-state index contributed by atoms with van der Waals surface area (Å²) in [6, 6.07) is 22.2. The highest BCUT2D eigenvalue weighted by atomic mass is 79.9. The molecule has 0 bridgehead atoms. The van der Waals surface area contributed by atoms with Crippen LogP contribution in [0.3, 0.4) is 0 Å². The molecule has 7 nitrogen and oxygen atoms in total. The van der Waals surface area contributed by atoms with Crippen molar-refractivity contribution in [1.82, 2.24) is 14.6 Å². The first-order valence-corrected chi connectivity index (χ1v) is 13.2. The van der Waals surface area contributed by atoms with Gasteiger partial charge in [-0.2, -0.15) is 14.6 Å². The van der Waals surface area contributed by atoms with E-state index in [1.54, 1.807) is 17.0 Å². The fourth-order valence-electron chi connectivity index (χ4n) is 4.34. The summed E-state index contributed by atoms with van der Waals surface area (Å²) in [7, 11) is 0. The molecule has 3 heterocycles. The predicted molar refractivity (Wildman–Crippen MR) is 147 cm³/mol. The van der Waals surface area contributed by atoms with Crippen molar-refractivity contribution in [3.8, 4) is 0 Å². The van der Waals surface area contributed by atoms with Crippen LogP contribution in [0.25, 0.3) is 10.5 Å². The van der Waals surface area contributed by atoms with E-state index < -0.39 is 11.1 Å². The van der Waals surface area contributed by atoms with Crippen LogP contribution in [-0.4, -0.2) is 20.5 Å². The van der Waals surface area contributed by atoms with Crippen molar-refractivity contribution in [1.29, 1.82) is 0 Å². The smallest absolute Gasteiger partial charge is 0.296 e. The van der Waals surface area contributed by atoms with Crippen LogP contribution >= 0.6 is 38.9 Å². The molecule has 0 spiro atoms. The molecule has 0 saturated carbocycles. The van der Waals surface area contributed by atoms with Crippen LogP contribution in [0.15, 0.2) is 86.9 Å². The number of carbonyl (C=O) groups excluding carboxylic acids is 1. The highest BCUT2D eigenvalue weighted by Crippen LogP contribution is 2.38. The molecule has 10 heteroatoms. The zero-order valence-corrected chi connectivity index (χ0v) is 22.2. The van der Waals surface area contributed by atoms with E-state index >= 15 is 0 Å². The Balaban J connectivity index is 1.51. The predicted octanol–water partition coefficient (Wildman–Crippen LogP) is 3.98. The summed E-state index contributed by atoms with van der Waals surface area (Å²) in [5, 5.41) is 4.94. The maximum Gasteiger partial charge on any atom is 0.296 e. The summed E-state index contributed by atoms with van der Waals surface area (Å²) >= 11 is 10.5. The molecule has 3 aromatic carbocycles. The molecule has 1 aliphatic heterocycles. The lowest BCUT2D eigenvalue weighted by atomic mass is 10.1. The molecule has 0 atom stereocenters. The molecule has 0 aliphatic carbocycles. The number of anilines is 1. The lowest BCUT2D eigenvalue weighted by Crippen LogP contribution is -2.33. The third-order valence-electron chi connectivity index (χ3n) is 6.10. The number of halogens is 2. The topological polar surface area (TPSA) is 84.6 Å². The fourth-order valence-corrected chi connectivity index (χ4v) is 5.83. The van der Waals surface area contributed by atoms with Crippen molar-refractivity contribution in [3.05, 3.63) is 130 Å². The van der Waals surface area contributed by atoms with Crippen molar-refractivity contribution in [3.63, 3.8) is 0 Å². The molecular weight excluding hydrogens is 576 g/mol. The van der Waals surface area contributed by atoms with Gasteiger partial charge in [-0.15, -0.1) is 0 Å². The molecule has 0 fully saturated rings. The Bertz CT molecular complexity index is 1870. The van der Waals surface area contributed by atoms with Crippen molar-refractivity contribution in [2.45, 2.75) is 13.0 Å². The average molecular weight is 592 g/mol. The van der Waals surface area contributed by atoms with E-state index in [2.05, 4.69) is 26.0 Å². The lowest BCUT2D eigenvalue weighted by molar-refractivity contribution is -0.113. The Kier molecular flexibility index (Phi) is 5.98. The molecule has 0 unspecified atom stereocenters. The highest BCUT2D eigenvalue weighted by Gasteiger charge is 2.34. The largest absolute Gasteiger partial charge is 0.303 e. The van der Waals surface area contributed by atoms with E-state index in [-0.39, 0.29) is 33.1 Å². The number of aromatic nitrogens is 3. The van der Waals surface area contributed by atoms with Crippen molar-refractivity contribution in [2.24, 2.45) is 0 Å². The van der Waals surface area contributed by atoms with Crippen molar-refractivity contribution < 1.29 is 4.79 Å². The number of benzene rings is 3. The zero-order chi connectivity index (χ0) is 25.7. The van der Waals surface area contributed by atoms with Crippen LogP contribution in [0.5, 0.6) is 0 Å². The number of fused-ring (bicyclic) bond motifs is 2. The molecule has 1 aliphatic rings. The summed E-state index contributed by atoms with van der Waals surface area (Å²) < 4.78 is 2.09. The van der Waals surface area contributed by atoms with E-state index in [0.29, 0.717) is 22.8 Å². The Morgan fingerprint density at radius 2 is 1.68 bits per heavy atom. The van der Waals surface area contributed by atoms with Crippen molar-refractivity contribution in [2.75, 3.05) is 4.90 Å². The van der Waals surface area contributed by atoms with Crippen molar-refractivity contribution >= 4 is 61.0 Å². The molecule has 1 amide bonds. The van der Waals surface area contributed by atoms with Gasteiger partial charge in [-0.25, -0.2) is 0 Å². The maximum atomic E-state index is 13.8. The molecule has 0 radical (unpaired) electrons. The minimum absolute atomic E-state index is 0.148. The minimum atomic E-state index is -0.494. The second kappa shape index (κ2) is 9.33. The van der Waals surface area contributed by atoms with Gasteiger partial charge in [0.1, 0.15) is 10.2 Å². The molecule has 0 saturated heterocycles. The molecule has 2 aromatic heterocycles. The second-order valence-electron chi connectivity index (χ2n) is 8.51. The maximum absolute atomic E-state index is 13.8. The number of hydrogen-bond donors (Lipinski definition) is 0. The monoisotopic (exact) mass is 590 g/mol. The van der Waals surface area contributed by atoms with E-state index in [1.165, 1.54) is 0 Å². The van der Waals surface area contributed by atoms with Gasteiger partial charge in [0.2, 0.25) is 4.96 Å². The Labute approximate surface area is 227 Å². The van der Waals surface area contributed by atoms with Crippen LogP contribution < -0.4 is 20.6 Å². The van der Waals surface area contributed by atoms with E-state index in [4.69, 9.17) is 11.6 Å². The summed E-state index contributed by atoms with van der Waals surface area (Å²) in [5.41, 5.74) is 2.56. The van der Waals surface area contributed by atoms with Gasteiger partial charge in [0.05, 0.1) is 17.8 Å². The Morgan fingerprint density at radius 1 is 0.919 bits per heavy atom. The number of amides is 1. The van der Waals surface area contributed by atoms with Gasteiger partial charge in [-0.3, -0.25) is 14.4 Å². The van der Waals surface area contributed by atoms with Gasteiger partial charge in [0.25, 0.3) is 17.0 Å². The average Bonchev–Trinajstić information content (AvgIpc) is 3.33.